The first-order chi connectivity index (χ1) is 19.8. The summed E-state index contributed by atoms with van der Waals surface area (Å²) in [6.07, 6.45) is -2.92. The minimum Gasteiger partial charge on any atom is -0.494 e. The minimum absolute atomic E-state index is 0.0290. The van der Waals surface area contributed by atoms with E-state index in [1.807, 2.05) is 66.4 Å². The van der Waals surface area contributed by atoms with E-state index in [2.05, 4.69) is 0 Å². The molecule has 2 aliphatic rings. The summed E-state index contributed by atoms with van der Waals surface area (Å²) < 4.78 is 11.7. The SMILES string of the molecule is CCOc1ccc(Cc2cc([C@@H]3O[C@H](CSc4cccc(C(=O)N5CCCC5)c4)[C@@H](O)[C@H](O)[C@H]3O)ccc2Cl)cc1. The molecule has 2 heterocycles. The van der Waals surface area contributed by atoms with Gasteiger partial charge in [0, 0.05) is 34.3 Å². The summed E-state index contributed by atoms with van der Waals surface area (Å²) in [5.41, 5.74) is 3.21. The largest absolute Gasteiger partial charge is 0.494 e. The van der Waals surface area contributed by atoms with Crippen molar-refractivity contribution < 1.29 is 29.6 Å². The van der Waals surface area contributed by atoms with Gasteiger partial charge >= 0.3 is 0 Å². The summed E-state index contributed by atoms with van der Waals surface area (Å²) in [5.74, 6) is 1.16. The molecule has 5 rings (SSSR count). The lowest BCUT2D eigenvalue weighted by atomic mass is 9.90. The second kappa shape index (κ2) is 13.6. The van der Waals surface area contributed by atoms with Crippen molar-refractivity contribution in [2.45, 2.75) is 61.6 Å². The lowest BCUT2D eigenvalue weighted by molar-refractivity contribution is -0.218. The summed E-state index contributed by atoms with van der Waals surface area (Å²) in [4.78, 5) is 15.6. The van der Waals surface area contributed by atoms with E-state index in [0.717, 1.165) is 47.7 Å². The Kier molecular flexibility index (Phi) is 9.91. The molecule has 3 aromatic rings. The molecule has 5 atom stereocenters. The fourth-order valence-electron chi connectivity index (χ4n) is 5.36. The number of carbonyl (C=O) groups excluding carboxylic acids is 1. The Morgan fingerprint density at radius 3 is 2.49 bits per heavy atom. The van der Waals surface area contributed by atoms with Gasteiger partial charge in [0.25, 0.3) is 5.91 Å². The lowest BCUT2D eigenvalue weighted by Gasteiger charge is -2.41. The standard InChI is InChI=1S/C32H36ClNO6S/c1-2-39-24-11-8-20(9-12-24)16-23-17-21(10-13-26(23)33)31-30(37)29(36)28(35)27(40-31)19-41-25-7-5-6-22(18-25)32(38)34-14-3-4-15-34/h5-13,17-18,27-31,35-37H,2-4,14-16,19H2,1H3/t27-,28-,29+,30-,31+/m1/s1. The molecular formula is C32H36ClNO6S. The molecule has 3 N–H and O–H groups in total. The van der Waals surface area contributed by atoms with Gasteiger partial charge in [-0.05, 0) is 79.3 Å². The predicted octanol–water partition coefficient (Wildman–Crippen LogP) is 4.88. The topological polar surface area (TPSA) is 99.5 Å². The highest BCUT2D eigenvalue weighted by molar-refractivity contribution is 7.99. The number of rotatable bonds is 9. The number of carbonyl (C=O) groups is 1. The molecule has 0 spiro atoms. The van der Waals surface area contributed by atoms with Crippen LogP contribution in [0.1, 0.15) is 52.9 Å². The van der Waals surface area contributed by atoms with Crippen LogP contribution in [0.2, 0.25) is 5.02 Å². The highest BCUT2D eigenvalue weighted by Crippen LogP contribution is 2.36. The monoisotopic (exact) mass is 597 g/mol. The lowest BCUT2D eigenvalue weighted by Crippen LogP contribution is -2.54. The third-order valence-electron chi connectivity index (χ3n) is 7.63. The zero-order valence-electron chi connectivity index (χ0n) is 23.0. The first kappa shape index (κ1) is 29.9. The quantitative estimate of drug-likeness (QED) is 0.302. The van der Waals surface area contributed by atoms with Gasteiger partial charge in [0.15, 0.2) is 0 Å². The molecule has 2 fully saturated rings. The van der Waals surface area contributed by atoms with E-state index < -0.39 is 30.5 Å². The van der Waals surface area contributed by atoms with Crippen LogP contribution < -0.4 is 4.74 Å². The number of likely N-dealkylation sites (tertiary alicyclic amines) is 1. The van der Waals surface area contributed by atoms with E-state index >= 15 is 0 Å². The molecular weight excluding hydrogens is 562 g/mol. The average Bonchev–Trinajstić information content (AvgIpc) is 3.53. The van der Waals surface area contributed by atoms with Crippen LogP contribution in [-0.4, -0.2) is 76.0 Å². The van der Waals surface area contributed by atoms with Crippen LogP contribution in [0.15, 0.2) is 71.6 Å². The van der Waals surface area contributed by atoms with Gasteiger partial charge < -0.3 is 29.7 Å². The van der Waals surface area contributed by atoms with Crippen molar-refractivity contribution in [1.82, 2.24) is 4.90 Å². The summed E-state index contributed by atoms with van der Waals surface area (Å²) in [6.45, 7) is 4.11. The van der Waals surface area contributed by atoms with Crippen LogP contribution in [0.3, 0.4) is 0 Å². The van der Waals surface area contributed by atoms with Crippen molar-refractivity contribution in [2.24, 2.45) is 0 Å². The number of amides is 1. The molecule has 9 heteroatoms. The minimum atomic E-state index is -1.38. The van der Waals surface area contributed by atoms with Crippen molar-refractivity contribution in [2.75, 3.05) is 25.4 Å². The number of nitrogens with zero attached hydrogens (tertiary/aromatic N) is 1. The molecule has 0 bridgehead atoms. The summed E-state index contributed by atoms with van der Waals surface area (Å²) in [7, 11) is 0. The van der Waals surface area contributed by atoms with Crippen LogP contribution in [0, 0.1) is 0 Å². The first-order valence-corrected chi connectivity index (χ1v) is 15.4. The van der Waals surface area contributed by atoms with Crippen molar-refractivity contribution >= 4 is 29.3 Å². The van der Waals surface area contributed by atoms with Crippen LogP contribution in [0.4, 0.5) is 0 Å². The van der Waals surface area contributed by atoms with Gasteiger partial charge in [-0.15, -0.1) is 11.8 Å². The highest BCUT2D eigenvalue weighted by atomic mass is 35.5. The molecule has 0 saturated carbocycles. The summed E-state index contributed by atoms with van der Waals surface area (Å²) in [6, 6.07) is 20.7. The number of hydrogen-bond acceptors (Lipinski definition) is 7. The van der Waals surface area contributed by atoms with E-state index in [4.69, 9.17) is 21.1 Å². The van der Waals surface area contributed by atoms with Gasteiger partial charge in [0.1, 0.15) is 30.2 Å². The number of halogens is 1. The molecule has 2 saturated heterocycles. The Bertz CT molecular complexity index is 1330. The van der Waals surface area contributed by atoms with Crippen LogP contribution >= 0.6 is 23.4 Å². The van der Waals surface area contributed by atoms with Crippen molar-refractivity contribution in [3.05, 3.63) is 94.0 Å². The first-order valence-electron chi connectivity index (χ1n) is 14.1. The Labute approximate surface area is 250 Å². The maximum Gasteiger partial charge on any atom is 0.253 e. The van der Waals surface area contributed by atoms with Gasteiger partial charge in [-0.2, -0.15) is 0 Å². The predicted molar refractivity (Wildman–Crippen MR) is 160 cm³/mol. The van der Waals surface area contributed by atoms with Crippen LogP contribution in [-0.2, 0) is 11.2 Å². The molecule has 7 nitrogen and oxygen atoms in total. The summed E-state index contributed by atoms with van der Waals surface area (Å²) in [5, 5.41) is 32.9. The number of benzene rings is 3. The molecule has 0 aliphatic carbocycles. The Morgan fingerprint density at radius 2 is 1.76 bits per heavy atom. The van der Waals surface area contributed by atoms with E-state index in [-0.39, 0.29) is 5.91 Å². The smallest absolute Gasteiger partial charge is 0.253 e. The van der Waals surface area contributed by atoms with Gasteiger partial charge in [0.2, 0.25) is 0 Å². The van der Waals surface area contributed by atoms with E-state index in [1.54, 1.807) is 12.1 Å². The third-order valence-corrected chi connectivity index (χ3v) is 9.08. The Balaban J connectivity index is 1.28. The highest BCUT2D eigenvalue weighted by Gasteiger charge is 2.44. The average molecular weight is 598 g/mol. The number of aliphatic hydroxyl groups excluding tert-OH is 3. The molecule has 3 aromatic carbocycles. The van der Waals surface area contributed by atoms with Crippen LogP contribution in [0.25, 0.3) is 0 Å². The maximum absolute atomic E-state index is 12.8. The fraction of sp³-hybridized carbons (Fsp3) is 0.406. The molecule has 2 aliphatic heterocycles. The maximum atomic E-state index is 12.8. The normalized spacial score (nSPS) is 24.4. The molecule has 218 valence electrons. The van der Waals surface area contributed by atoms with Gasteiger partial charge in [0.05, 0.1) is 12.7 Å². The van der Waals surface area contributed by atoms with Gasteiger partial charge in [-0.3, -0.25) is 4.79 Å². The number of aliphatic hydroxyl groups is 3. The van der Waals surface area contributed by atoms with Gasteiger partial charge in [-0.1, -0.05) is 41.9 Å². The molecule has 1 amide bonds. The Morgan fingerprint density at radius 1 is 1.00 bits per heavy atom. The van der Waals surface area contributed by atoms with E-state index in [9.17, 15) is 20.1 Å². The third kappa shape index (κ3) is 7.08. The number of thioether (sulfide) groups is 1. The van der Waals surface area contributed by atoms with E-state index in [1.165, 1.54) is 11.8 Å². The summed E-state index contributed by atoms with van der Waals surface area (Å²) >= 11 is 7.97. The van der Waals surface area contributed by atoms with Crippen LogP contribution in [0.5, 0.6) is 5.75 Å². The second-order valence-electron chi connectivity index (χ2n) is 10.5. The zero-order valence-corrected chi connectivity index (χ0v) is 24.6. The molecule has 41 heavy (non-hydrogen) atoms. The zero-order chi connectivity index (χ0) is 28.9. The molecule has 0 aromatic heterocycles. The number of ether oxygens (including phenoxy) is 2. The van der Waals surface area contributed by atoms with Crippen molar-refractivity contribution in [3.63, 3.8) is 0 Å². The Hall–Kier alpha value is -2.59. The molecule has 0 unspecified atom stereocenters. The van der Waals surface area contributed by atoms with Gasteiger partial charge in [-0.25, -0.2) is 0 Å². The second-order valence-corrected chi connectivity index (χ2v) is 12.0. The molecule has 0 radical (unpaired) electrons. The van der Waals surface area contributed by atoms with Crippen molar-refractivity contribution in [3.8, 4) is 5.75 Å². The number of hydrogen-bond donors (Lipinski definition) is 3. The van der Waals surface area contributed by atoms with E-state index in [0.29, 0.717) is 34.9 Å². The fourth-order valence-corrected chi connectivity index (χ4v) is 6.56. The van der Waals surface area contributed by atoms with Crippen molar-refractivity contribution in [1.29, 1.82) is 0 Å².